The van der Waals surface area contributed by atoms with Crippen molar-refractivity contribution in [3.8, 4) is 0 Å². The summed E-state index contributed by atoms with van der Waals surface area (Å²) in [7, 11) is 1.67. The van der Waals surface area contributed by atoms with Crippen molar-refractivity contribution in [3.63, 3.8) is 0 Å². The van der Waals surface area contributed by atoms with E-state index in [4.69, 9.17) is 9.73 Å². The van der Waals surface area contributed by atoms with Gasteiger partial charge in [0.15, 0.2) is 11.8 Å². The van der Waals surface area contributed by atoms with Gasteiger partial charge in [0.2, 0.25) is 0 Å². The zero-order valence-electron chi connectivity index (χ0n) is 16.1. The lowest BCUT2D eigenvalue weighted by Crippen LogP contribution is -2.47. The molecule has 26 heavy (non-hydrogen) atoms. The minimum absolute atomic E-state index is 0.325. The van der Waals surface area contributed by atoms with Crippen LogP contribution in [0.3, 0.4) is 0 Å². The van der Waals surface area contributed by atoms with E-state index in [9.17, 15) is 0 Å². The van der Waals surface area contributed by atoms with E-state index in [1.165, 1.54) is 25.7 Å². The summed E-state index contributed by atoms with van der Waals surface area (Å²) in [5.74, 6) is 2.74. The third kappa shape index (κ3) is 5.30. The Morgan fingerprint density at radius 1 is 1.38 bits per heavy atom. The van der Waals surface area contributed by atoms with Crippen LogP contribution in [0, 0.1) is 0 Å². The summed E-state index contributed by atoms with van der Waals surface area (Å²) in [6.07, 6.45) is 10.6. The molecule has 1 atom stereocenters. The number of rotatable bonds is 7. The fourth-order valence-corrected chi connectivity index (χ4v) is 3.63. The number of aromatic nitrogens is 3. The molecule has 0 saturated heterocycles. The van der Waals surface area contributed by atoms with Crippen molar-refractivity contribution in [1.29, 1.82) is 0 Å². The van der Waals surface area contributed by atoms with Gasteiger partial charge in [-0.15, -0.1) is 0 Å². The van der Waals surface area contributed by atoms with Crippen molar-refractivity contribution < 1.29 is 4.74 Å². The fourth-order valence-electron chi connectivity index (χ4n) is 3.63. The highest BCUT2D eigenvalue weighted by molar-refractivity contribution is 5.80. The summed E-state index contributed by atoms with van der Waals surface area (Å²) in [5, 5.41) is 11.5. The molecule has 0 bridgehead atoms. The highest BCUT2D eigenvalue weighted by atomic mass is 16.5. The highest BCUT2D eigenvalue weighted by Crippen LogP contribution is 2.19. The van der Waals surface area contributed by atoms with Gasteiger partial charge < -0.3 is 15.4 Å². The summed E-state index contributed by atoms with van der Waals surface area (Å²) in [6, 6.07) is 0.325. The number of hydrogen-bond donors (Lipinski definition) is 2. The fraction of sp³-hybridized carbons (Fsp3) is 0.737. The van der Waals surface area contributed by atoms with Gasteiger partial charge in [-0.2, -0.15) is 5.10 Å². The SMILES string of the molecule is CCNC(=NCCC1=CCCCC1)NC1CCc2nc(COC)nn2C1. The molecule has 0 amide bonds. The first kappa shape index (κ1) is 18.9. The second-order valence-corrected chi connectivity index (χ2v) is 7.06. The van der Waals surface area contributed by atoms with Crippen molar-refractivity contribution in [1.82, 2.24) is 25.4 Å². The van der Waals surface area contributed by atoms with Crippen molar-refractivity contribution in [2.75, 3.05) is 20.2 Å². The summed E-state index contributed by atoms with van der Waals surface area (Å²) in [5.41, 5.74) is 1.58. The van der Waals surface area contributed by atoms with Gasteiger partial charge in [0.25, 0.3) is 0 Å². The molecule has 1 aliphatic carbocycles. The molecule has 1 aromatic rings. The minimum atomic E-state index is 0.325. The van der Waals surface area contributed by atoms with Gasteiger partial charge in [-0.05, 0) is 45.4 Å². The maximum absolute atomic E-state index is 5.14. The lowest BCUT2D eigenvalue weighted by molar-refractivity contribution is 0.177. The summed E-state index contributed by atoms with van der Waals surface area (Å²) in [4.78, 5) is 9.32. The Morgan fingerprint density at radius 2 is 2.31 bits per heavy atom. The zero-order chi connectivity index (χ0) is 18.2. The topological polar surface area (TPSA) is 76.4 Å². The molecule has 0 spiro atoms. The van der Waals surface area contributed by atoms with Crippen molar-refractivity contribution in [2.45, 2.75) is 71.1 Å². The maximum atomic E-state index is 5.14. The molecule has 2 heterocycles. The van der Waals surface area contributed by atoms with E-state index in [0.29, 0.717) is 12.6 Å². The molecule has 2 aliphatic rings. The number of aryl methyl sites for hydroxylation is 1. The molecule has 1 aliphatic heterocycles. The Bertz CT molecular complexity index is 636. The smallest absolute Gasteiger partial charge is 0.191 e. The molecule has 0 aromatic carbocycles. The predicted octanol–water partition coefficient (Wildman–Crippen LogP) is 2.18. The van der Waals surface area contributed by atoms with Crippen LogP contribution in [0.1, 0.15) is 57.1 Å². The average Bonchev–Trinajstić information content (AvgIpc) is 3.05. The van der Waals surface area contributed by atoms with Crippen LogP contribution >= 0.6 is 0 Å². The van der Waals surface area contributed by atoms with Crippen LogP contribution in [0.25, 0.3) is 0 Å². The second kappa shape index (κ2) is 9.71. The number of guanidine groups is 1. The second-order valence-electron chi connectivity index (χ2n) is 7.06. The molecule has 7 heteroatoms. The first-order valence-electron chi connectivity index (χ1n) is 9.92. The van der Waals surface area contributed by atoms with Crippen molar-refractivity contribution in [2.24, 2.45) is 4.99 Å². The molecule has 3 rings (SSSR count). The lowest BCUT2D eigenvalue weighted by Gasteiger charge is -2.25. The Hall–Kier alpha value is -1.89. The Balaban J connectivity index is 1.53. The number of methoxy groups -OCH3 is 1. The average molecular weight is 361 g/mol. The Morgan fingerprint density at radius 3 is 3.08 bits per heavy atom. The van der Waals surface area contributed by atoms with Crippen LogP contribution in [-0.2, 0) is 24.3 Å². The van der Waals surface area contributed by atoms with Crippen LogP contribution in [0.2, 0.25) is 0 Å². The van der Waals surface area contributed by atoms with Gasteiger partial charge in [-0.3, -0.25) is 4.99 Å². The van der Waals surface area contributed by atoms with Crippen LogP contribution in [-0.4, -0.2) is 47.0 Å². The number of fused-ring (bicyclic) bond motifs is 1. The molecule has 2 N–H and O–H groups in total. The third-order valence-corrected chi connectivity index (χ3v) is 4.95. The number of aliphatic imine (C=N–C) groups is 1. The van der Waals surface area contributed by atoms with E-state index in [1.54, 1.807) is 12.7 Å². The largest absolute Gasteiger partial charge is 0.377 e. The molecule has 144 valence electrons. The first-order valence-corrected chi connectivity index (χ1v) is 9.92. The summed E-state index contributed by atoms with van der Waals surface area (Å²) < 4.78 is 7.14. The van der Waals surface area contributed by atoms with E-state index >= 15 is 0 Å². The van der Waals surface area contributed by atoms with Gasteiger partial charge in [0.1, 0.15) is 12.4 Å². The first-order chi connectivity index (χ1) is 12.8. The number of hydrogen-bond acceptors (Lipinski definition) is 4. The van der Waals surface area contributed by atoms with Gasteiger partial charge in [-0.25, -0.2) is 9.67 Å². The van der Waals surface area contributed by atoms with E-state index in [1.807, 2.05) is 4.68 Å². The van der Waals surface area contributed by atoms with Crippen LogP contribution in [0.4, 0.5) is 0 Å². The quantitative estimate of drug-likeness (QED) is 0.443. The van der Waals surface area contributed by atoms with Gasteiger partial charge in [0.05, 0.1) is 6.54 Å². The monoisotopic (exact) mass is 360 g/mol. The Kier molecular flexibility index (Phi) is 7.05. The molecular formula is C19H32N6O. The number of nitrogens with one attached hydrogen (secondary N) is 2. The predicted molar refractivity (Wildman–Crippen MR) is 103 cm³/mol. The van der Waals surface area contributed by atoms with E-state index in [2.05, 4.69) is 33.7 Å². The molecule has 0 fully saturated rings. The molecule has 7 nitrogen and oxygen atoms in total. The standard InChI is InChI=1S/C19H32N6O/c1-3-20-19(21-12-11-15-7-5-4-6-8-15)22-16-9-10-18-23-17(14-26-2)24-25(18)13-16/h7,16H,3-6,8-14H2,1-2H3,(H2,20,21,22). The van der Waals surface area contributed by atoms with Gasteiger partial charge in [0, 0.05) is 32.7 Å². The molecule has 0 radical (unpaired) electrons. The molecule has 1 unspecified atom stereocenters. The van der Waals surface area contributed by atoms with E-state index < -0.39 is 0 Å². The maximum Gasteiger partial charge on any atom is 0.191 e. The number of ether oxygens (including phenoxy) is 1. The molecule has 0 saturated carbocycles. The van der Waals surface area contributed by atoms with E-state index in [0.717, 1.165) is 56.5 Å². The highest BCUT2D eigenvalue weighted by Gasteiger charge is 2.22. The minimum Gasteiger partial charge on any atom is -0.377 e. The number of allylic oxidation sites excluding steroid dienone is 1. The lowest BCUT2D eigenvalue weighted by atomic mass is 9.97. The molecule has 1 aromatic heterocycles. The number of nitrogens with zero attached hydrogens (tertiary/aromatic N) is 4. The van der Waals surface area contributed by atoms with Gasteiger partial charge in [-0.1, -0.05) is 11.6 Å². The van der Waals surface area contributed by atoms with Crippen molar-refractivity contribution >= 4 is 5.96 Å². The van der Waals surface area contributed by atoms with Crippen molar-refractivity contribution in [3.05, 3.63) is 23.3 Å². The summed E-state index contributed by atoms with van der Waals surface area (Å²) >= 11 is 0. The van der Waals surface area contributed by atoms with Crippen LogP contribution in [0.15, 0.2) is 16.6 Å². The van der Waals surface area contributed by atoms with E-state index in [-0.39, 0.29) is 0 Å². The Labute approximate surface area is 156 Å². The van der Waals surface area contributed by atoms with Gasteiger partial charge >= 0.3 is 0 Å². The normalized spacial score (nSPS) is 20.5. The molecular weight excluding hydrogens is 328 g/mol. The third-order valence-electron chi connectivity index (χ3n) is 4.95. The summed E-state index contributed by atoms with van der Waals surface area (Å²) in [6.45, 7) is 5.11. The van der Waals surface area contributed by atoms with Crippen LogP contribution < -0.4 is 10.6 Å². The zero-order valence-corrected chi connectivity index (χ0v) is 16.1. The van der Waals surface area contributed by atoms with Crippen LogP contribution in [0.5, 0.6) is 0 Å².